The van der Waals surface area contributed by atoms with Gasteiger partial charge >= 0.3 is 18.1 Å². The zero-order valence-electron chi connectivity index (χ0n) is 16.5. The molecular weight excluding hydrogens is 388 g/mol. The van der Waals surface area contributed by atoms with E-state index in [2.05, 4.69) is 16.9 Å². The Morgan fingerprint density at radius 3 is 2.03 bits per heavy atom. The lowest BCUT2D eigenvalue weighted by Crippen LogP contribution is -2.14. The number of esters is 2. The molecule has 1 aliphatic rings. The molecule has 0 N–H and O–H groups in total. The Morgan fingerprint density at radius 1 is 0.867 bits per heavy atom. The Bertz CT molecular complexity index is 914. The van der Waals surface area contributed by atoms with Gasteiger partial charge in [0.25, 0.3) is 0 Å². The molecule has 0 spiro atoms. The van der Waals surface area contributed by atoms with Crippen molar-refractivity contribution in [1.29, 1.82) is 0 Å². The third-order valence-electron chi connectivity index (χ3n) is 4.54. The predicted octanol–water partition coefficient (Wildman–Crippen LogP) is 4.56. The zero-order valence-corrected chi connectivity index (χ0v) is 16.5. The summed E-state index contributed by atoms with van der Waals surface area (Å²) in [5.74, 6) is -0.189. The van der Waals surface area contributed by atoms with E-state index in [0.29, 0.717) is 17.9 Å². The van der Waals surface area contributed by atoms with Gasteiger partial charge in [-0.25, -0.2) is 14.4 Å². The second kappa shape index (κ2) is 10.2. The van der Waals surface area contributed by atoms with Crippen LogP contribution in [0.4, 0.5) is 4.79 Å². The van der Waals surface area contributed by atoms with Crippen LogP contribution in [-0.4, -0.2) is 31.8 Å². The summed E-state index contributed by atoms with van der Waals surface area (Å²) in [7, 11) is 1.20. The summed E-state index contributed by atoms with van der Waals surface area (Å²) in [5, 5.41) is 0. The van der Waals surface area contributed by atoms with Crippen molar-refractivity contribution in [2.45, 2.75) is 19.3 Å². The molecule has 0 saturated heterocycles. The number of methoxy groups -OCH3 is 1. The van der Waals surface area contributed by atoms with Crippen LogP contribution in [0.25, 0.3) is 0 Å². The molecule has 1 aliphatic carbocycles. The average Bonchev–Trinajstić information content (AvgIpc) is 2.79. The number of carbonyl (C=O) groups is 3. The van der Waals surface area contributed by atoms with Gasteiger partial charge in [-0.1, -0.05) is 12.2 Å². The fourth-order valence-corrected chi connectivity index (χ4v) is 2.91. The second-order valence-electron chi connectivity index (χ2n) is 6.71. The maximum absolute atomic E-state index is 12.2. The molecule has 0 aromatic heterocycles. The van der Waals surface area contributed by atoms with Crippen molar-refractivity contribution in [1.82, 2.24) is 0 Å². The Morgan fingerprint density at radius 2 is 1.47 bits per heavy atom. The molecule has 0 fully saturated rings. The van der Waals surface area contributed by atoms with E-state index in [0.717, 1.165) is 19.3 Å². The quantitative estimate of drug-likeness (QED) is 0.298. The highest BCUT2D eigenvalue weighted by molar-refractivity contribution is 5.92. The molecule has 7 heteroatoms. The van der Waals surface area contributed by atoms with Gasteiger partial charge in [0.1, 0.15) is 11.5 Å². The molecule has 30 heavy (non-hydrogen) atoms. The normalized spacial score (nSPS) is 15.2. The number of hydrogen-bond acceptors (Lipinski definition) is 7. The molecular formula is C23H22O7. The number of allylic oxidation sites excluding steroid dienone is 1. The summed E-state index contributed by atoms with van der Waals surface area (Å²) >= 11 is 0. The van der Waals surface area contributed by atoms with Gasteiger partial charge in [0, 0.05) is 5.92 Å². The minimum atomic E-state index is -0.848. The van der Waals surface area contributed by atoms with Crippen LogP contribution in [0.15, 0.2) is 60.7 Å². The molecule has 2 aromatic carbocycles. The highest BCUT2D eigenvalue weighted by Gasteiger charge is 2.14. The van der Waals surface area contributed by atoms with E-state index in [1.165, 1.54) is 43.5 Å². The van der Waals surface area contributed by atoms with Crippen LogP contribution >= 0.6 is 0 Å². The van der Waals surface area contributed by atoms with E-state index in [-0.39, 0.29) is 17.2 Å². The van der Waals surface area contributed by atoms with Crippen molar-refractivity contribution >= 4 is 18.1 Å². The zero-order chi connectivity index (χ0) is 21.3. The molecule has 1 atom stereocenters. The average molecular weight is 410 g/mol. The maximum atomic E-state index is 12.2. The Hall–Kier alpha value is -3.61. The molecule has 0 radical (unpaired) electrons. The molecule has 156 valence electrons. The molecule has 0 bridgehead atoms. The highest BCUT2D eigenvalue weighted by atomic mass is 16.7. The predicted molar refractivity (Wildman–Crippen MR) is 108 cm³/mol. The van der Waals surface area contributed by atoms with Crippen LogP contribution in [0.1, 0.15) is 40.0 Å². The summed E-state index contributed by atoms with van der Waals surface area (Å²) in [6, 6.07) is 12.0. The molecule has 3 rings (SSSR count). The molecule has 0 amide bonds. The smallest absolute Gasteiger partial charge is 0.461 e. The van der Waals surface area contributed by atoms with Gasteiger partial charge in [0.2, 0.25) is 0 Å². The molecule has 2 aromatic rings. The van der Waals surface area contributed by atoms with E-state index < -0.39 is 18.1 Å². The number of carbonyl (C=O) groups excluding carboxylic acids is 3. The monoisotopic (exact) mass is 410 g/mol. The van der Waals surface area contributed by atoms with Gasteiger partial charge in [-0.3, -0.25) is 0 Å². The van der Waals surface area contributed by atoms with Gasteiger partial charge in [-0.05, 0) is 67.8 Å². The summed E-state index contributed by atoms with van der Waals surface area (Å²) in [4.78, 5) is 35.5. The standard InChI is InChI=1S/C23H22O7/c1-27-23(26)30-20-13-9-18(10-14-20)22(25)29-19-11-7-17(8-12-19)21(24)28-15-16-5-3-2-4-6-16/h3,5,7-14,16H,2,4,6,15H2,1H3. The number of rotatable bonds is 6. The Kier molecular flexibility index (Phi) is 7.21. The van der Waals surface area contributed by atoms with E-state index in [9.17, 15) is 14.4 Å². The first kappa shape index (κ1) is 21.1. The summed E-state index contributed by atoms with van der Waals surface area (Å²) < 4.78 is 19.9. The lowest BCUT2D eigenvalue weighted by Gasteiger charge is -2.16. The number of benzene rings is 2. The summed E-state index contributed by atoms with van der Waals surface area (Å²) in [6.45, 7) is 0.363. The third-order valence-corrected chi connectivity index (χ3v) is 4.54. The molecule has 0 saturated carbocycles. The van der Waals surface area contributed by atoms with Crippen LogP contribution in [0, 0.1) is 5.92 Å². The van der Waals surface area contributed by atoms with Crippen molar-refractivity contribution in [3.8, 4) is 11.5 Å². The molecule has 0 heterocycles. The number of hydrogen-bond donors (Lipinski definition) is 0. The van der Waals surface area contributed by atoms with Crippen LogP contribution in [-0.2, 0) is 9.47 Å². The SMILES string of the molecule is COC(=O)Oc1ccc(C(=O)Oc2ccc(C(=O)OCC3C=CCCC3)cc2)cc1. The van der Waals surface area contributed by atoms with Crippen LogP contribution in [0.3, 0.4) is 0 Å². The Balaban J connectivity index is 1.52. The molecule has 7 nitrogen and oxygen atoms in total. The van der Waals surface area contributed by atoms with E-state index >= 15 is 0 Å². The van der Waals surface area contributed by atoms with Crippen LogP contribution < -0.4 is 9.47 Å². The van der Waals surface area contributed by atoms with Crippen molar-refractivity contribution in [2.75, 3.05) is 13.7 Å². The molecule has 1 unspecified atom stereocenters. The van der Waals surface area contributed by atoms with Crippen molar-refractivity contribution in [2.24, 2.45) is 5.92 Å². The van der Waals surface area contributed by atoms with E-state index in [4.69, 9.17) is 14.2 Å². The first-order valence-corrected chi connectivity index (χ1v) is 9.57. The Labute approximate surface area is 174 Å². The van der Waals surface area contributed by atoms with Gasteiger partial charge in [0.05, 0.1) is 24.8 Å². The van der Waals surface area contributed by atoms with Gasteiger partial charge in [-0.15, -0.1) is 0 Å². The summed E-state index contributed by atoms with van der Waals surface area (Å²) in [5.41, 5.74) is 0.662. The van der Waals surface area contributed by atoms with Crippen molar-refractivity contribution in [3.63, 3.8) is 0 Å². The minimum Gasteiger partial charge on any atom is -0.461 e. The lowest BCUT2D eigenvalue weighted by atomic mass is 9.97. The van der Waals surface area contributed by atoms with E-state index in [1.54, 1.807) is 12.1 Å². The first-order chi connectivity index (χ1) is 14.5. The fourth-order valence-electron chi connectivity index (χ4n) is 2.91. The summed E-state index contributed by atoms with van der Waals surface area (Å²) in [6.07, 6.45) is 6.57. The highest BCUT2D eigenvalue weighted by Crippen LogP contribution is 2.19. The second-order valence-corrected chi connectivity index (χ2v) is 6.71. The van der Waals surface area contributed by atoms with Crippen LogP contribution in [0.2, 0.25) is 0 Å². The van der Waals surface area contributed by atoms with Crippen molar-refractivity contribution < 1.29 is 33.3 Å². The fraction of sp³-hybridized carbons (Fsp3) is 0.261. The lowest BCUT2D eigenvalue weighted by molar-refractivity contribution is 0.0457. The van der Waals surface area contributed by atoms with Gasteiger partial charge < -0.3 is 18.9 Å². The van der Waals surface area contributed by atoms with Gasteiger partial charge in [-0.2, -0.15) is 0 Å². The minimum absolute atomic E-state index is 0.241. The van der Waals surface area contributed by atoms with Gasteiger partial charge in [0.15, 0.2) is 0 Å². The van der Waals surface area contributed by atoms with Crippen LogP contribution in [0.5, 0.6) is 11.5 Å². The largest absolute Gasteiger partial charge is 0.513 e. The van der Waals surface area contributed by atoms with E-state index in [1.807, 2.05) is 0 Å². The molecule has 0 aliphatic heterocycles. The first-order valence-electron chi connectivity index (χ1n) is 9.57. The third kappa shape index (κ3) is 5.94. The maximum Gasteiger partial charge on any atom is 0.513 e. The topological polar surface area (TPSA) is 88.1 Å². The number of ether oxygens (including phenoxy) is 4. The van der Waals surface area contributed by atoms with Crippen molar-refractivity contribution in [3.05, 3.63) is 71.8 Å².